The first-order valence-corrected chi connectivity index (χ1v) is 7.52. The van der Waals surface area contributed by atoms with Crippen LogP contribution in [0.25, 0.3) is 0 Å². The van der Waals surface area contributed by atoms with Crippen LogP contribution in [0.1, 0.15) is 42.1 Å². The summed E-state index contributed by atoms with van der Waals surface area (Å²) in [5.74, 6) is -0.00164. The summed E-state index contributed by atoms with van der Waals surface area (Å²) in [6, 6.07) is 8.12. The monoisotopic (exact) mass is 275 g/mol. The maximum absolute atomic E-state index is 12.0. The molecule has 1 atom stereocenters. The Labute approximate surface area is 121 Å². The van der Waals surface area contributed by atoms with Crippen LogP contribution in [0, 0.1) is 0 Å². The van der Waals surface area contributed by atoms with E-state index >= 15 is 0 Å². The van der Waals surface area contributed by atoms with E-state index in [1.807, 2.05) is 24.3 Å². The van der Waals surface area contributed by atoms with Crippen molar-refractivity contribution in [3.63, 3.8) is 0 Å². The van der Waals surface area contributed by atoms with Crippen LogP contribution in [-0.2, 0) is 6.54 Å². The van der Waals surface area contributed by atoms with E-state index in [2.05, 4.69) is 17.1 Å². The molecule has 4 nitrogen and oxygen atoms in total. The summed E-state index contributed by atoms with van der Waals surface area (Å²) in [6.45, 7) is 5.58. The summed E-state index contributed by atoms with van der Waals surface area (Å²) in [7, 11) is 0. The van der Waals surface area contributed by atoms with Crippen molar-refractivity contribution in [3.05, 3.63) is 35.4 Å². The van der Waals surface area contributed by atoms with Gasteiger partial charge in [0.15, 0.2) is 0 Å². The molecule has 1 heterocycles. The SMILES string of the molecule is CC1CCCCN1CCNC(=O)c1ccc(CN)cc1. The van der Waals surface area contributed by atoms with Crippen LogP contribution in [0.15, 0.2) is 24.3 Å². The second-order valence-electron chi connectivity index (χ2n) is 5.54. The minimum Gasteiger partial charge on any atom is -0.351 e. The number of nitrogens with one attached hydrogen (secondary N) is 1. The van der Waals surface area contributed by atoms with Gasteiger partial charge in [0.1, 0.15) is 0 Å². The number of hydrogen-bond donors (Lipinski definition) is 2. The Kier molecular flexibility index (Phi) is 5.56. The second-order valence-corrected chi connectivity index (χ2v) is 5.54. The van der Waals surface area contributed by atoms with Crippen LogP contribution in [-0.4, -0.2) is 36.5 Å². The lowest BCUT2D eigenvalue weighted by atomic mass is 10.0. The first-order valence-electron chi connectivity index (χ1n) is 7.52. The molecule has 1 unspecified atom stereocenters. The highest BCUT2D eigenvalue weighted by Gasteiger charge is 2.17. The van der Waals surface area contributed by atoms with E-state index in [4.69, 9.17) is 5.73 Å². The number of carbonyl (C=O) groups is 1. The Balaban J connectivity index is 1.76. The molecular weight excluding hydrogens is 250 g/mol. The molecule has 0 spiro atoms. The summed E-state index contributed by atoms with van der Waals surface area (Å²) in [4.78, 5) is 14.5. The maximum Gasteiger partial charge on any atom is 0.251 e. The standard InChI is InChI=1S/C16H25N3O/c1-13-4-2-3-10-19(13)11-9-18-16(20)15-7-5-14(12-17)6-8-15/h5-8,13H,2-4,9-12,17H2,1H3,(H,18,20). The molecule has 0 aromatic heterocycles. The third kappa shape index (κ3) is 4.05. The molecular formula is C16H25N3O. The highest BCUT2D eigenvalue weighted by Crippen LogP contribution is 2.15. The minimum atomic E-state index is -0.00164. The van der Waals surface area contributed by atoms with E-state index < -0.39 is 0 Å². The number of carbonyl (C=O) groups excluding carboxylic acids is 1. The molecule has 4 heteroatoms. The van der Waals surface area contributed by atoms with Crippen LogP contribution >= 0.6 is 0 Å². The zero-order valence-corrected chi connectivity index (χ0v) is 12.3. The van der Waals surface area contributed by atoms with Gasteiger partial charge in [0.05, 0.1) is 0 Å². The van der Waals surface area contributed by atoms with Gasteiger partial charge in [-0.2, -0.15) is 0 Å². The molecule has 0 aliphatic carbocycles. The maximum atomic E-state index is 12.0. The van der Waals surface area contributed by atoms with Crippen molar-refractivity contribution in [2.45, 2.75) is 38.8 Å². The largest absolute Gasteiger partial charge is 0.351 e. The lowest BCUT2D eigenvalue weighted by Gasteiger charge is -2.33. The van der Waals surface area contributed by atoms with Crippen molar-refractivity contribution in [2.75, 3.05) is 19.6 Å². The van der Waals surface area contributed by atoms with Crippen molar-refractivity contribution < 1.29 is 4.79 Å². The summed E-state index contributed by atoms with van der Waals surface area (Å²) >= 11 is 0. The minimum absolute atomic E-state index is 0.00164. The average Bonchev–Trinajstić information content (AvgIpc) is 2.49. The molecule has 20 heavy (non-hydrogen) atoms. The summed E-state index contributed by atoms with van der Waals surface area (Å²) < 4.78 is 0. The van der Waals surface area contributed by atoms with Gasteiger partial charge >= 0.3 is 0 Å². The molecule has 1 saturated heterocycles. The smallest absolute Gasteiger partial charge is 0.251 e. The van der Waals surface area contributed by atoms with E-state index in [1.54, 1.807) is 0 Å². The molecule has 1 aliphatic heterocycles. The molecule has 1 aliphatic rings. The molecule has 1 aromatic carbocycles. The molecule has 0 radical (unpaired) electrons. The van der Waals surface area contributed by atoms with Gasteiger partial charge in [-0.15, -0.1) is 0 Å². The van der Waals surface area contributed by atoms with E-state index in [9.17, 15) is 4.79 Å². The highest BCUT2D eigenvalue weighted by atomic mass is 16.1. The van der Waals surface area contributed by atoms with Gasteiger partial charge in [0.25, 0.3) is 5.91 Å². The Morgan fingerprint density at radius 2 is 2.10 bits per heavy atom. The van der Waals surface area contributed by atoms with Crippen molar-refractivity contribution in [2.24, 2.45) is 5.73 Å². The van der Waals surface area contributed by atoms with Crippen molar-refractivity contribution in [3.8, 4) is 0 Å². The molecule has 0 bridgehead atoms. The first kappa shape index (κ1) is 15.0. The van der Waals surface area contributed by atoms with E-state index in [-0.39, 0.29) is 5.91 Å². The van der Waals surface area contributed by atoms with Gasteiger partial charge in [-0.1, -0.05) is 18.6 Å². The third-order valence-electron chi connectivity index (χ3n) is 4.08. The van der Waals surface area contributed by atoms with Crippen molar-refractivity contribution in [1.82, 2.24) is 10.2 Å². The van der Waals surface area contributed by atoms with Crippen molar-refractivity contribution in [1.29, 1.82) is 0 Å². The van der Waals surface area contributed by atoms with E-state index in [1.165, 1.54) is 19.3 Å². The molecule has 3 N–H and O–H groups in total. The number of piperidine rings is 1. The summed E-state index contributed by atoms with van der Waals surface area (Å²) in [5.41, 5.74) is 7.29. The van der Waals surface area contributed by atoms with Gasteiger partial charge in [-0.05, 0) is 44.0 Å². The third-order valence-corrected chi connectivity index (χ3v) is 4.08. The van der Waals surface area contributed by atoms with Gasteiger partial charge < -0.3 is 11.1 Å². The van der Waals surface area contributed by atoms with Crippen molar-refractivity contribution >= 4 is 5.91 Å². The molecule has 1 aromatic rings. The second kappa shape index (κ2) is 7.41. The van der Waals surface area contributed by atoms with Crippen LogP contribution in [0.5, 0.6) is 0 Å². The number of nitrogens with two attached hydrogens (primary N) is 1. The molecule has 0 saturated carbocycles. The fraction of sp³-hybridized carbons (Fsp3) is 0.562. The quantitative estimate of drug-likeness (QED) is 0.860. The van der Waals surface area contributed by atoms with E-state index in [0.29, 0.717) is 24.7 Å². The number of nitrogens with zero attached hydrogens (tertiary/aromatic N) is 1. The normalized spacial score (nSPS) is 19.8. The zero-order valence-electron chi connectivity index (χ0n) is 12.3. The number of amides is 1. The average molecular weight is 275 g/mol. The van der Waals surface area contributed by atoms with Gasteiger partial charge in [-0.3, -0.25) is 9.69 Å². The Morgan fingerprint density at radius 3 is 2.75 bits per heavy atom. The number of likely N-dealkylation sites (tertiary alicyclic amines) is 1. The zero-order chi connectivity index (χ0) is 14.4. The molecule has 1 fully saturated rings. The van der Waals surface area contributed by atoms with Gasteiger partial charge in [-0.25, -0.2) is 0 Å². The number of rotatable bonds is 5. The Morgan fingerprint density at radius 1 is 1.35 bits per heavy atom. The first-order chi connectivity index (χ1) is 9.70. The fourth-order valence-electron chi connectivity index (χ4n) is 2.70. The number of hydrogen-bond acceptors (Lipinski definition) is 3. The van der Waals surface area contributed by atoms with Crippen LogP contribution < -0.4 is 11.1 Å². The number of benzene rings is 1. The topological polar surface area (TPSA) is 58.4 Å². The lowest BCUT2D eigenvalue weighted by Crippen LogP contribution is -2.42. The van der Waals surface area contributed by atoms with Gasteiger partial charge in [0, 0.05) is 31.2 Å². The summed E-state index contributed by atoms with van der Waals surface area (Å²) in [6.07, 6.45) is 3.88. The summed E-state index contributed by atoms with van der Waals surface area (Å²) in [5, 5.41) is 2.99. The lowest BCUT2D eigenvalue weighted by molar-refractivity contribution is 0.0938. The molecule has 110 valence electrons. The Hall–Kier alpha value is -1.39. The predicted octanol–water partition coefficient (Wildman–Crippen LogP) is 1.75. The molecule has 1 amide bonds. The predicted molar refractivity (Wildman–Crippen MR) is 81.6 cm³/mol. The molecule has 2 rings (SSSR count). The van der Waals surface area contributed by atoms with Crippen LogP contribution in [0.3, 0.4) is 0 Å². The van der Waals surface area contributed by atoms with Crippen LogP contribution in [0.4, 0.5) is 0 Å². The van der Waals surface area contributed by atoms with Crippen LogP contribution in [0.2, 0.25) is 0 Å². The van der Waals surface area contributed by atoms with Gasteiger partial charge in [0.2, 0.25) is 0 Å². The Bertz CT molecular complexity index is 430. The highest BCUT2D eigenvalue weighted by molar-refractivity contribution is 5.94. The van der Waals surface area contributed by atoms with E-state index in [0.717, 1.165) is 18.7 Å². The fourth-order valence-corrected chi connectivity index (χ4v) is 2.70.